The molecule has 0 saturated heterocycles. The second kappa shape index (κ2) is 54.9. The van der Waals surface area contributed by atoms with Gasteiger partial charge in [-0.15, -0.1) is 0 Å². The van der Waals surface area contributed by atoms with E-state index in [-0.39, 0.29) is 18.5 Å². The Morgan fingerprint density at radius 2 is 0.723 bits per heavy atom. The van der Waals surface area contributed by atoms with E-state index in [1.165, 1.54) is 218 Å². The van der Waals surface area contributed by atoms with Crippen LogP contribution in [-0.4, -0.2) is 47.4 Å². The predicted octanol–water partition coefficient (Wildman–Crippen LogP) is 17.9. The molecule has 3 N–H and O–H groups in total. The van der Waals surface area contributed by atoms with Crippen LogP contribution in [0.5, 0.6) is 0 Å². The SMILES string of the molecule is CCCCCCCCC/C=C\CCCCCCCC(=O)OCCCCCCCCC/C=C\CCCCCCCC(=O)NC(CO)C(O)CCCCCCCCCCCCCCCCCC. The minimum atomic E-state index is -0.675. The summed E-state index contributed by atoms with van der Waals surface area (Å²) in [7, 11) is 0. The molecule has 0 aromatic heterocycles. The lowest BCUT2D eigenvalue weighted by Gasteiger charge is -2.22. The summed E-state index contributed by atoms with van der Waals surface area (Å²) in [6.45, 7) is 4.94. The zero-order valence-corrected chi connectivity index (χ0v) is 43.7. The minimum absolute atomic E-state index is 0.00986. The molecule has 0 aromatic rings. The fourth-order valence-electron chi connectivity index (χ4n) is 8.98. The first-order chi connectivity index (χ1) is 32.0. The van der Waals surface area contributed by atoms with Crippen molar-refractivity contribution in [2.45, 2.75) is 328 Å². The Bertz CT molecular complexity index is 1010. The molecule has 0 spiro atoms. The van der Waals surface area contributed by atoms with Crippen LogP contribution in [0.25, 0.3) is 0 Å². The molecule has 1 amide bonds. The molecule has 0 aliphatic heterocycles. The van der Waals surface area contributed by atoms with Crippen molar-refractivity contribution in [3.63, 3.8) is 0 Å². The average Bonchev–Trinajstić information content (AvgIpc) is 3.31. The molecule has 0 heterocycles. The number of hydrogen-bond donors (Lipinski definition) is 3. The van der Waals surface area contributed by atoms with E-state index in [0.29, 0.717) is 25.9 Å². The van der Waals surface area contributed by atoms with Crippen LogP contribution in [0.2, 0.25) is 0 Å². The highest BCUT2D eigenvalue weighted by atomic mass is 16.5. The van der Waals surface area contributed by atoms with E-state index in [0.717, 1.165) is 64.2 Å². The molecule has 2 atom stereocenters. The van der Waals surface area contributed by atoms with Crippen LogP contribution in [0.4, 0.5) is 0 Å². The fraction of sp³-hybridized carbons (Fsp3) is 0.898. The number of allylic oxidation sites excluding steroid dienone is 4. The van der Waals surface area contributed by atoms with E-state index in [2.05, 4.69) is 43.5 Å². The zero-order chi connectivity index (χ0) is 47.2. The second-order valence-electron chi connectivity index (χ2n) is 20.0. The van der Waals surface area contributed by atoms with Gasteiger partial charge in [0.05, 0.1) is 25.4 Å². The van der Waals surface area contributed by atoms with Crippen molar-refractivity contribution in [1.29, 1.82) is 0 Å². The summed E-state index contributed by atoms with van der Waals surface area (Å²) >= 11 is 0. The van der Waals surface area contributed by atoms with Gasteiger partial charge in [0, 0.05) is 12.8 Å². The Kier molecular flexibility index (Phi) is 53.5. The van der Waals surface area contributed by atoms with E-state index in [9.17, 15) is 19.8 Å². The van der Waals surface area contributed by atoms with E-state index >= 15 is 0 Å². The molecule has 0 bridgehead atoms. The van der Waals surface area contributed by atoms with E-state index in [1.54, 1.807) is 0 Å². The van der Waals surface area contributed by atoms with Crippen molar-refractivity contribution in [3.8, 4) is 0 Å². The molecule has 6 heteroatoms. The summed E-state index contributed by atoms with van der Waals surface area (Å²) in [5.74, 6) is -0.0606. The molecule has 65 heavy (non-hydrogen) atoms. The van der Waals surface area contributed by atoms with Crippen LogP contribution in [0, 0.1) is 0 Å². The van der Waals surface area contributed by atoms with E-state index in [4.69, 9.17) is 4.74 Å². The minimum Gasteiger partial charge on any atom is -0.466 e. The standard InChI is InChI=1S/C59H113NO5/c1-3-5-7-9-11-13-15-17-19-23-27-31-35-39-43-47-51-57(62)56(55-61)60-58(63)52-48-44-40-36-32-28-24-21-22-26-30-34-38-42-46-50-54-65-59(64)53-49-45-41-37-33-29-25-20-18-16-14-12-10-8-6-4-2/h20-21,24-25,56-57,61-62H,3-19,22-23,26-55H2,1-2H3,(H,60,63)/b24-21-,25-20-. The molecule has 0 aromatic carbocycles. The summed E-state index contributed by atoms with van der Waals surface area (Å²) in [6.07, 6.45) is 65.9. The maximum Gasteiger partial charge on any atom is 0.305 e. The van der Waals surface area contributed by atoms with Gasteiger partial charge in [-0.25, -0.2) is 0 Å². The maximum atomic E-state index is 12.5. The largest absolute Gasteiger partial charge is 0.466 e. The first-order valence-corrected chi connectivity index (χ1v) is 29.1. The smallest absolute Gasteiger partial charge is 0.305 e. The van der Waals surface area contributed by atoms with Gasteiger partial charge in [-0.1, -0.05) is 250 Å². The number of carbonyl (C=O) groups is 2. The van der Waals surface area contributed by atoms with Crippen LogP contribution in [-0.2, 0) is 14.3 Å². The lowest BCUT2D eigenvalue weighted by atomic mass is 10.0. The number of ether oxygens (including phenoxy) is 1. The highest BCUT2D eigenvalue weighted by Crippen LogP contribution is 2.17. The summed E-state index contributed by atoms with van der Waals surface area (Å²) < 4.78 is 5.47. The summed E-state index contributed by atoms with van der Waals surface area (Å²) in [5, 5.41) is 23.3. The Hall–Kier alpha value is -1.66. The first-order valence-electron chi connectivity index (χ1n) is 29.1. The van der Waals surface area contributed by atoms with Gasteiger partial charge < -0.3 is 20.3 Å². The van der Waals surface area contributed by atoms with Gasteiger partial charge in [-0.2, -0.15) is 0 Å². The third-order valence-corrected chi connectivity index (χ3v) is 13.5. The van der Waals surface area contributed by atoms with Gasteiger partial charge in [0.2, 0.25) is 5.91 Å². The monoisotopic (exact) mass is 916 g/mol. The number of unbranched alkanes of at least 4 members (excludes halogenated alkanes) is 39. The summed E-state index contributed by atoms with van der Waals surface area (Å²) in [5.41, 5.74) is 0. The summed E-state index contributed by atoms with van der Waals surface area (Å²) in [4.78, 5) is 24.5. The quantitative estimate of drug-likeness (QED) is 0.0321. The highest BCUT2D eigenvalue weighted by Gasteiger charge is 2.20. The van der Waals surface area contributed by atoms with Crippen molar-refractivity contribution in [1.82, 2.24) is 5.32 Å². The van der Waals surface area contributed by atoms with Crippen molar-refractivity contribution in [2.75, 3.05) is 13.2 Å². The lowest BCUT2D eigenvalue weighted by molar-refractivity contribution is -0.143. The molecule has 0 radical (unpaired) electrons. The van der Waals surface area contributed by atoms with Crippen LogP contribution < -0.4 is 5.32 Å². The molecule has 0 aliphatic carbocycles. The van der Waals surface area contributed by atoms with Crippen LogP contribution in [0.15, 0.2) is 24.3 Å². The van der Waals surface area contributed by atoms with E-state index < -0.39 is 12.1 Å². The van der Waals surface area contributed by atoms with Crippen LogP contribution >= 0.6 is 0 Å². The predicted molar refractivity (Wildman–Crippen MR) is 283 cm³/mol. The molecule has 0 rings (SSSR count). The molecule has 0 fully saturated rings. The molecule has 0 saturated carbocycles. The zero-order valence-electron chi connectivity index (χ0n) is 43.7. The highest BCUT2D eigenvalue weighted by molar-refractivity contribution is 5.76. The number of hydrogen-bond acceptors (Lipinski definition) is 5. The average molecular weight is 917 g/mol. The third-order valence-electron chi connectivity index (χ3n) is 13.5. The van der Waals surface area contributed by atoms with Gasteiger partial charge >= 0.3 is 5.97 Å². The summed E-state index contributed by atoms with van der Waals surface area (Å²) in [6, 6.07) is -0.554. The number of amides is 1. The van der Waals surface area contributed by atoms with Crippen molar-refractivity contribution >= 4 is 11.9 Å². The molecule has 0 aliphatic rings. The molecule has 384 valence electrons. The van der Waals surface area contributed by atoms with Gasteiger partial charge in [0.25, 0.3) is 0 Å². The normalized spacial score (nSPS) is 12.7. The molecule has 6 nitrogen and oxygen atoms in total. The number of esters is 1. The number of nitrogens with one attached hydrogen (secondary N) is 1. The van der Waals surface area contributed by atoms with Gasteiger partial charge in [0.15, 0.2) is 0 Å². The van der Waals surface area contributed by atoms with Crippen molar-refractivity contribution in [3.05, 3.63) is 24.3 Å². The second-order valence-corrected chi connectivity index (χ2v) is 20.0. The Morgan fingerprint density at radius 3 is 1.09 bits per heavy atom. The van der Waals surface area contributed by atoms with Crippen LogP contribution in [0.1, 0.15) is 316 Å². The fourth-order valence-corrected chi connectivity index (χ4v) is 8.98. The maximum absolute atomic E-state index is 12.5. The Morgan fingerprint density at radius 1 is 0.415 bits per heavy atom. The Labute approximate surface area is 405 Å². The molecular weight excluding hydrogens is 803 g/mol. The van der Waals surface area contributed by atoms with Crippen LogP contribution in [0.3, 0.4) is 0 Å². The lowest BCUT2D eigenvalue weighted by Crippen LogP contribution is -2.45. The number of aliphatic hydroxyl groups is 2. The topological polar surface area (TPSA) is 95.9 Å². The number of rotatable bonds is 54. The first kappa shape index (κ1) is 63.3. The number of aliphatic hydroxyl groups excluding tert-OH is 2. The van der Waals surface area contributed by atoms with Crippen molar-refractivity contribution < 1.29 is 24.5 Å². The molecule has 2 unspecified atom stereocenters. The van der Waals surface area contributed by atoms with Gasteiger partial charge in [-0.05, 0) is 77.0 Å². The Balaban J connectivity index is 3.46. The van der Waals surface area contributed by atoms with Gasteiger partial charge in [-0.3, -0.25) is 9.59 Å². The van der Waals surface area contributed by atoms with Gasteiger partial charge in [0.1, 0.15) is 0 Å². The molecular formula is C59H113NO5. The van der Waals surface area contributed by atoms with E-state index in [1.807, 2.05) is 0 Å². The van der Waals surface area contributed by atoms with Crippen molar-refractivity contribution in [2.24, 2.45) is 0 Å². The number of carbonyl (C=O) groups excluding carboxylic acids is 2. The third kappa shape index (κ3) is 51.6.